The Morgan fingerprint density at radius 3 is 2.54 bits per heavy atom. The van der Waals surface area contributed by atoms with E-state index in [-0.39, 0.29) is 5.91 Å². The van der Waals surface area contributed by atoms with Crippen LogP contribution >= 0.6 is 11.6 Å². The lowest BCUT2D eigenvalue weighted by atomic mass is 10.1. The summed E-state index contributed by atoms with van der Waals surface area (Å²) in [7, 11) is 0. The van der Waals surface area contributed by atoms with E-state index in [1.165, 1.54) is 0 Å². The summed E-state index contributed by atoms with van der Waals surface area (Å²) in [4.78, 5) is 11.9. The van der Waals surface area contributed by atoms with E-state index < -0.39 is 0 Å². The SMILES string of the molecule is O=C(Cc1ccccc1)N/N=C\c1cccn1-c1ccc(Cl)cc1. The standard InChI is InChI=1S/C19H16ClN3O/c20-16-8-10-17(11-9-16)23-12-4-7-18(23)14-21-22-19(24)13-15-5-2-1-3-6-15/h1-12,14H,13H2,(H,22,24)/b21-14-. The van der Waals surface area contributed by atoms with Gasteiger partial charge in [-0.25, -0.2) is 5.43 Å². The summed E-state index contributed by atoms with van der Waals surface area (Å²) < 4.78 is 1.96. The van der Waals surface area contributed by atoms with Gasteiger partial charge in [0.25, 0.3) is 0 Å². The van der Waals surface area contributed by atoms with Gasteiger partial charge in [0, 0.05) is 16.9 Å². The van der Waals surface area contributed by atoms with Gasteiger partial charge in [-0.1, -0.05) is 41.9 Å². The molecule has 0 atom stereocenters. The highest BCUT2D eigenvalue weighted by atomic mass is 35.5. The van der Waals surface area contributed by atoms with E-state index in [9.17, 15) is 4.79 Å². The molecule has 120 valence electrons. The van der Waals surface area contributed by atoms with Crippen molar-refractivity contribution in [1.29, 1.82) is 0 Å². The van der Waals surface area contributed by atoms with Gasteiger partial charge in [0.15, 0.2) is 0 Å². The first-order valence-corrected chi connectivity index (χ1v) is 7.89. The van der Waals surface area contributed by atoms with Gasteiger partial charge in [0.1, 0.15) is 0 Å². The molecule has 0 aliphatic rings. The van der Waals surface area contributed by atoms with Gasteiger partial charge in [-0.3, -0.25) is 4.79 Å². The monoisotopic (exact) mass is 337 g/mol. The molecular formula is C19H16ClN3O. The van der Waals surface area contributed by atoms with Crippen LogP contribution in [0, 0.1) is 0 Å². The normalized spacial score (nSPS) is 10.9. The smallest absolute Gasteiger partial charge is 0.244 e. The third-order valence-electron chi connectivity index (χ3n) is 3.48. The maximum absolute atomic E-state index is 11.9. The van der Waals surface area contributed by atoms with Gasteiger partial charge >= 0.3 is 0 Å². The molecule has 0 fully saturated rings. The third-order valence-corrected chi connectivity index (χ3v) is 3.73. The first kappa shape index (κ1) is 16.0. The van der Waals surface area contributed by atoms with Crippen LogP contribution < -0.4 is 5.43 Å². The molecule has 0 radical (unpaired) electrons. The summed E-state index contributed by atoms with van der Waals surface area (Å²) >= 11 is 5.91. The number of nitrogens with one attached hydrogen (secondary N) is 1. The molecule has 0 saturated heterocycles. The van der Waals surface area contributed by atoms with E-state index in [1.54, 1.807) is 6.21 Å². The molecule has 1 aromatic heterocycles. The highest BCUT2D eigenvalue weighted by molar-refractivity contribution is 6.30. The average Bonchev–Trinajstić information content (AvgIpc) is 3.05. The minimum atomic E-state index is -0.151. The predicted molar refractivity (Wildman–Crippen MR) is 96.7 cm³/mol. The van der Waals surface area contributed by atoms with Crippen LogP contribution in [-0.4, -0.2) is 16.7 Å². The molecule has 0 aliphatic heterocycles. The van der Waals surface area contributed by atoms with E-state index in [4.69, 9.17) is 11.6 Å². The van der Waals surface area contributed by atoms with E-state index in [0.717, 1.165) is 16.9 Å². The van der Waals surface area contributed by atoms with Crippen molar-refractivity contribution >= 4 is 23.7 Å². The van der Waals surface area contributed by atoms with Crippen molar-refractivity contribution in [3.8, 4) is 5.69 Å². The molecule has 0 spiro atoms. The number of hydrogen-bond donors (Lipinski definition) is 1. The molecule has 1 heterocycles. The van der Waals surface area contributed by atoms with Crippen LogP contribution in [0.1, 0.15) is 11.3 Å². The van der Waals surface area contributed by atoms with Crippen molar-refractivity contribution in [3.63, 3.8) is 0 Å². The van der Waals surface area contributed by atoms with Gasteiger partial charge in [0.2, 0.25) is 5.91 Å². The third kappa shape index (κ3) is 4.12. The van der Waals surface area contributed by atoms with Gasteiger partial charge in [-0.15, -0.1) is 0 Å². The zero-order valence-corrected chi connectivity index (χ0v) is 13.6. The molecule has 5 heteroatoms. The summed E-state index contributed by atoms with van der Waals surface area (Å²) in [5.41, 5.74) is 5.34. The quantitative estimate of drug-likeness (QED) is 0.558. The van der Waals surface area contributed by atoms with Crippen LogP contribution in [0.25, 0.3) is 5.69 Å². The molecule has 0 saturated carbocycles. The molecule has 1 amide bonds. The Morgan fingerprint density at radius 2 is 1.79 bits per heavy atom. The Kier molecular flexibility index (Phi) is 5.08. The van der Waals surface area contributed by atoms with E-state index >= 15 is 0 Å². The van der Waals surface area contributed by atoms with E-state index in [0.29, 0.717) is 11.4 Å². The average molecular weight is 338 g/mol. The zero-order chi connectivity index (χ0) is 16.8. The number of carbonyl (C=O) groups is 1. The summed E-state index contributed by atoms with van der Waals surface area (Å²) in [5.74, 6) is -0.151. The maximum Gasteiger partial charge on any atom is 0.244 e. The van der Waals surface area contributed by atoms with Crippen LogP contribution in [-0.2, 0) is 11.2 Å². The van der Waals surface area contributed by atoms with Gasteiger partial charge < -0.3 is 4.57 Å². The van der Waals surface area contributed by atoms with E-state index in [2.05, 4.69) is 10.5 Å². The Balaban J connectivity index is 1.64. The number of benzene rings is 2. The van der Waals surface area contributed by atoms with Crippen LogP contribution in [0.15, 0.2) is 78.0 Å². The van der Waals surface area contributed by atoms with Gasteiger partial charge in [-0.05, 0) is 42.0 Å². The number of aromatic nitrogens is 1. The van der Waals surface area contributed by atoms with Crippen LogP contribution in [0.2, 0.25) is 5.02 Å². The summed E-state index contributed by atoms with van der Waals surface area (Å²) in [5, 5.41) is 4.73. The largest absolute Gasteiger partial charge is 0.316 e. The van der Waals surface area contributed by atoms with Crippen LogP contribution in [0.5, 0.6) is 0 Å². The van der Waals surface area contributed by atoms with Gasteiger partial charge in [0.05, 0.1) is 18.3 Å². The fourth-order valence-corrected chi connectivity index (χ4v) is 2.45. The fraction of sp³-hybridized carbons (Fsp3) is 0.0526. The molecule has 3 aromatic rings. The Labute approximate surface area is 145 Å². The first-order valence-electron chi connectivity index (χ1n) is 7.51. The molecule has 0 unspecified atom stereocenters. The molecule has 0 aliphatic carbocycles. The number of hydrogen-bond acceptors (Lipinski definition) is 2. The summed E-state index contributed by atoms with van der Waals surface area (Å²) in [6.45, 7) is 0. The second-order valence-electron chi connectivity index (χ2n) is 5.24. The molecule has 2 aromatic carbocycles. The van der Waals surface area contributed by atoms with Crippen molar-refractivity contribution in [3.05, 3.63) is 89.2 Å². The predicted octanol–water partition coefficient (Wildman–Crippen LogP) is 3.82. The topological polar surface area (TPSA) is 46.4 Å². The Bertz CT molecular complexity index is 839. The first-order chi connectivity index (χ1) is 11.7. The van der Waals surface area contributed by atoms with Crippen molar-refractivity contribution in [1.82, 2.24) is 9.99 Å². The van der Waals surface area contributed by atoms with Crippen molar-refractivity contribution in [2.75, 3.05) is 0 Å². The van der Waals surface area contributed by atoms with Crippen LogP contribution in [0.3, 0.4) is 0 Å². The minimum absolute atomic E-state index is 0.151. The second-order valence-corrected chi connectivity index (χ2v) is 5.67. The lowest BCUT2D eigenvalue weighted by Crippen LogP contribution is -2.19. The highest BCUT2D eigenvalue weighted by Crippen LogP contribution is 2.15. The number of halogens is 1. The number of hydrazone groups is 1. The lowest BCUT2D eigenvalue weighted by Gasteiger charge is -2.06. The highest BCUT2D eigenvalue weighted by Gasteiger charge is 2.03. The molecule has 3 rings (SSSR count). The number of nitrogens with zero attached hydrogens (tertiary/aromatic N) is 2. The van der Waals surface area contributed by atoms with Crippen molar-refractivity contribution in [2.45, 2.75) is 6.42 Å². The summed E-state index contributed by atoms with van der Waals surface area (Å²) in [6, 6.07) is 20.9. The molecule has 0 bridgehead atoms. The van der Waals surface area contributed by atoms with Crippen molar-refractivity contribution < 1.29 is 4.79 Å². The number of carbonyl (C=O) groups excluding carboxylic acids is 1. The fourth-order valence-electron chi connectivity index (χ4n) is 2.33. The zero-order valence-electron chi connectivity index (χ0n) is 12.9. The molecule has 1 N–H and O–H groups in total. The summed E-state index contributed by atoms with van der Waals surface area (Å²) in [6.07, 6.45) is 3.85. The Morgan fingerprint density at radius 1 is 1.04 bits per heavy atom. The molecular weight excluding hydrogens is 322 g/mol. The van der Waals surface area contributed by atoms with Crippen LogP contribution in [0.4, 0.5) is 0 Å². The van der Waals surface area contributed by atoms with Gasteiger partial charge in [-0.2, -0.15) is 5.10 Å². The Hall–Kier alpha value is -2.85. The van der Waals surface area contributed by atoms with E-state index in [1.807, 2.05) is 77.5 Å². The minimum Gasteiger partial charge on any atom is -0.316 e. The number of amides is 1. The molecule has 4 nitrogen and oxygen atoms in total. The number of rotatable bonds is 5. The maximum atomic E-state index is 11.9. The van der Waals surface area contributed by atoms with Crippen molar-refractivity contribution in [2.24, 2.45) is 5.10 Å². The lowest BCUT2D eigenvalue weighted by molar-refractivity contribution is -0.120. The molecule has 24 heavy (non-hydrogen) atoms. The second kappa shape index (κ2) is 7.62.